The number of hydrogen-bond donors (Lipinski definition) is 3. The van der Waals surface area contributed by atoms with E-state index < -0.39 is 18.5 Å². The lowest BCUT2D eigenvalue weighted by Crippen LogP contribution is -2.41. The number of anilines is 3. The molecule has 1 aromatic carbocycles. The summed E-state index contributed by atoms with van der Waals surface area (Å²) in [4.78, 5) is 21.6. The van der Waals surface area contributed by atoms with Crippen LogP contribution in [0.5, 0.6) is 0 Å². The van der Waals surface area contributed by atoms with Gasteiger partial charge in [-0.2, -0.15) is 13.2 Å². The summed E-state index contributed by atoms with van der Waals surface area (Å²) < 4.78 is 44.0. The second kappa shape index (κ2) is 12.1. The summed E-state index contributed by atoms with van der Waals surface area (Å²) in [5, 5.41) is 16.6. The normalized spacial score (nSPS) is 25.3. The average molecular weight is 576 g/mol. The number of amides is 2. The molecule has 0 spiro atoms. The number of likely N-dealkylation sites (tertiary alicyclic amines) is 1. The van der Waals surface area contributed by atoms with Crippen LogP contribution in [0.3, 0.4) is 0 Å². The molecule has 0 radical (unpaired) electrons. The van der Waals surface area contributed by atoms with Gasteiger partial charge in [0, 0.05) is 43.8 Å². The maximum atomic E-state index is 12.9. The van der Waals surface area contributed by atoms with Gasteiger partial charge < -0.3 is 30.3 Å². The van der Waals surface area contributed by atoms with Crippen molar-refractivity contribution in [2.75, 3.05) is 54.9 Å². The number of aliphatic hydroxyl groups excluding tert-OH is 1. The highest BCUT2D eigenvalue weighted by Gasteiger charge is 2.36. The zero-order valence-electron chi connectivity index (χ0n) is 23.8. The molecule has 1 aromatic heterocycles. The van der Waals surface area contributed by atoms with Crippen LogP contribution in [0, 0.1) is 12.8 Å². The summed E-state index contributed by atoms with van der Waals surface area (Å²) >= 11 is 0. The van der Waals surface area contributed by atoms with E-state index in [4.69, 9.17) is 9.72 Å². The van der Waals surface area contributed by atoms with Gasteiger partial charge in [0.2, 0.25) is 0 Å². The number of morpholine rings is 1. The van der Waals surface area contributed by atoms with Crippen molar-refractivity contribution in [1.29, 1.82) is 0 Å². The molecule has 1 atom stereocenters. The number of nitrogens with zero attached hydrogens (tertiary/aromatic N) is 3. The number of urea groups is 1. The molecule has 2 saturated heterocycles. The van der Waals surface area contributed by atoms with Crippen molar-refractivity contribution in [3.63, 3.8) is 0 Å². The standard InChI is InChI=1S/C30H40F3N5O3/c1-20-3-4-23(34-28(40)38-10-7-21(19-38)18-30(31,32)33)17-25(20)22-15-26(36-29(2)8-5-24(39)6-9-29)35-27(16-22)37-11-13-41-14-12-37/h3-4,15-17,21,24,39H,5-14,18-19H2,1-2H3,(H,34,40)(H,35,36). The number of nitrogens with one attached hydrogen (secondary N) is 2. The van der Waals surface area contributed by atoms with Crippen molar-refractivity contribution in [3.05, 3.63) is 35.9 Å². The minimum absolute atomic E-state index is 0.0994. The molecule has 3 heterocycles. The quantitative estimate of drug-likeness (QED) is 0.403. The lowest BCUT2D eigenvalue weighted by molar-refractivity contribution is -0.143. The summed E-state index contributed by atoms with van der Waals surface area (Å²) in [5.41, 5.74) is 3.30. The Kier molecular flexibility index (Phi) is 8.65. The third-order valence-electron chi connectivity index (χ3n) is 8.53. The largest absolute Gasteiger partial charge is 0.393 e. The van der Waals surface area contributed by atoms with Crippen LogP contribution in [-0.4, -0.2) is 78.2 Å². The fraction of sp³-hybridized carbons (Fsp3) is 0.600. The van der Waals surface area contributed by atoms with Gasteiger partial charge in [-0.15, -0.1) is 0 Å². The number of aliphatic hydroxyl groups is 1. The van der Waals surface area contributed by atoms with Crippen LogP contribution in [0.1, 0.15) is 51.0 Å². The Hall–Kier alpha value is -3.05. The first-order chi connectivity index (χ1) is 19.5. The predicted octanol–water partition coefficient (Wildman–Crippen LogP) is 5.81. The minimum atomic E-state index is -4.23. The second-order valence-electron chi connectivity index (χ2n) is 12.0. The van der Waals surface area contributed by atoms with Crippen molar-refractivity contribution in [2.24, 2.45) is 5.92 Å². The van der Waals surface area contributed by atoms with Crippen LogP contribution in [0.25, 0.3) is 11.1 Å². The van der Waals surface area contributed by atoms with Gasteiger partial charge in [-0.3, -0.25) is 0 Å². The molecule has 3 fully saturated rings. The van der Waals surface area contributed by atoms with Gasteiger partial charge >= 0.3 is 12.2 Å². The van der Waals surface area contributed by atoms with Gasteiger partial charge in [-0.1, -0.05) is 6.07 Å². The maximum absolute atomic E-state index is 12.9. The monoisotopic (exact) mass is 575 g/mol. The number of benzene rings is 1. The van der Waals surface area contributed by atoms with E-state index in [0.717, 1.165) is 67.1 Å². The Morgan fingerprint density at radius 2 is 1.85 bits per heavy atom. The van der Waals surface area contributed by atoms with Crippen LogP contribution in [0.15, 0.2) is 30.3 Å². The Morgan fingerprint density at radius 1 is 1.12 bits per heavy atom. The van der Waals surface area contributed by atoms with E-state index in [2.05, 4.69) is 28.5 Å². The highest BCUT2D eigenvalue weighted by molar-refractivity contribution is 5.91. The van der Waals surface area contributed by atoms with E-state index in [1.165, 1.54) is 4.90 Å². The highest BCUT2D eigenvalue weighted by atomic mass is 19.4. The molecular formula is C30H40F3N5O3. The Bertz CT molecular complexity index is 1230. The van der Waals surface area contributed by atoms with Crippen LogP contribution in [-0.2, 0) is 4.74 Å². The van der Waals surface area contributed by atoms with E-state index in [0.29, 0.717) is 31.9 Å². The van der Waals surface area contributed by atoms with E-state index in [1.54, 1.807) is 0 Å². The van der Waals surface area contributed by atoms with Crippen LogP contribution in [0.2, 0.25) is 0 Å². The summed E-state index contributed by atoms with van der Waals surface area (Å²) in [5.74, 6) is 1.03. The zero-order valence-corrected chi connectivity index (χ0v) is 23.8. The first-order valence-corrected chi connectivity index (χ1v) is 14.5. The summed E-state index contributed by atoms with van der Waals surface area (Å²) in [6.45, 7) is 7.32. The molecule has 224 valence electrons. The van der Waals surface area contributed by atoms with Crippen molar-refractivity contribution < 1.29 is 27.8 Å². The highest BCUT2D eigenvalue weighted by Crippen LogP contribution is 2.36. The molecule has 2 aromatic rings. The molecule has 1 saturated carbocycles. The number of halogens is 3. The molecular weight excluding hydrogens is 535 g/mol. The molecule has 1 aliphatic carbocycles. The molecule has 3 aliphatic rings. The van der Waals surface area contributed by atoms with Crippen molar-refractivity contribution >= 4 is 23.4 Å². The van der Waals surface area contributed by atoms with E-state index in [9.17, 15) is 23.1 Å². The topological polar surface area (TPSA) is 90.0 Å². The number of hydrogen-bond acceptors (Lipinski definition) is 6. The first kappa shape index (κ1) is 29.4. The average Bonchev–Trinajstić information content (AvgIpc) is 3.39. The number of aryl methyl sites for hydroxylation is 1. The van der Waals surface area contributed by atoms with Gasteiger partial charge in [0.25, 0.3) is 0 Å². The van der Waals surface area contributed by atoms with Crippen LogP contribution in [0.4, 0.5) is 35.3 Å². The SMILES string of the molecule is Cc1ccc(NC(=O)N2CCC(CC(F)(F)F)C2)cc1-c1cc(NC2(C)CCC(O)CC2)nc(N2CCOCC2)c1. The smallest absolute Gasteiger partial charge is 0.389 e. The summed E-state index contributed by atoms with van der Waals surface area (Å²) in [7, 11) is 0. The number of alkyl halides is 3. The first-order valence-electron chi connectivity index (χ1n) is 14.5. The molecule has 0 bridgehead atoms. The van der Waals surface area contributed by atoms with Crippen molar-refractivity contribution in [1.82, 2.24) is 9.88 Å². The van der Waals surface area contributed by atoms with Crippen molar-refractivity contribution in [2.45, 2.75) is 70.2 Å². The number of rotatable bonds is 6. The maximum Gasteiger partial charge on any atom is 0.389 e. The third kappa shape index (κ3) is 7.62. The molecule has 2 aliphatic heterocycles. The van der Waals surface area contributed by atoms with Gasteiger partial charge in [0.1, 0.15) is 11.6 Å². The van der Waals surface area contributed by atoms with Gasteiger partial charge in [0.05, 0.1) is 19.3 Å². The van der Waals surface area contributed by atoms with Gasteiger partial charge in [0.15, 0.2) is 0 Å². The predicted molar refractivity (Wildman–Crippen MR) is 153 cm³/mol. The van der Waals surface area contributed by atoms with E-state index in [1.807, 2.05) is 31.2 Å². The summed E-state index contributed by atoms with van der Waals surface area (Å²) in [6.07, 6.45) is -1.83. The molecule has 5 rings (SSSR count). The molecule has 8 nitrogen and oxygen atoms in total. The van der Waals surface area contributed by atoms with E-state index in [-0.39, 0.29) is 24.2 Å². The lowest BCUT2D eigenvalue weighted by Gasteiger charge is -2.37. The molecule has 3 N–H and O–H groups in total. The zero-order chi connectivity index (χ0) is 29.2. The van der Waals surface area contributed by atoms with Crippen molar-refractivity contribution in [3.8, 4) is 11.1 Å². The summed E-state index contributed by atoms with van der Waals surface area (Å²) in [6, 6.07) is 9.36. The van der Waals surface area contributed by atoms with Crippen LogP contribution < -0.4 is 15.5 Å². The Labute approximate surface area is 239 Å². The Balaban J connectivity index is 1.38. The lowest BCUT2D eigenvalue weighted by atomic mass is 9.82. The van der Waals surface area contributed by atoms with Gasteiger partial charge in [-0.25, -0.2) is 9.78 Å². The Morgan fingerprint density at radius 3 is 2.56 bits per heavy atom. The number of carbonyl (C=O) groups excluding carboxylic acids is 1. The van der Waals surface area contributed by atoms with Crippen LogP contribution >= 0.6 is 0 Å². The molecule has 1 unspecified atom stereocenters. The number of ether oxygens (including phenoxy) is 1. The fourth-order valence-electron chi connectivity index (χ4n) is 6.09. The second-order valence-corrected chi connectivity index (χ2v) is 12.0. The third-order valence-corrected chi connectivity index (χ3v) is 8.53. The van der Waals surface area contributed by atoms with Gasteiger partial charge in [-0.05, 0) is 92.8 Å². The number of pyridine rings is 1. The number of aromatic nitrogens is 1. The minimum Gasteiger partial charge on any atom is -0.393 e. The molecule has 2 amide bonds. The number of carbonyl (C=O) groups is 1. The molecule has 11 heteroatoms. The molecule has 41 heavy (non-hydrogen) atoms. The fourth-order valence-corrected chi connectivity index (χ4v) is 6.09. The van der Waals surface area contributed by atoms with E-state index >= 15 is 0 Å².